The zero-order valence-electron chi connectivity index (χ0n) is 9.09. The van der Waals surface area contributed by atoms with Gasteiger partial charge in [0.2, 0.25) is 0 Å². The maximum atomic E-state index is 5.95. The number of ether oxygens (including phenoxy) is 1. The highest BCUT2D eigenvalue weighted by molar-refractivity contribution is 6.34. The first-order valence-electron chi connectivity index (χ1n) is 5.17. The van der Waals surface area contributed by atoms with Gasteiger partial charge in [-0.2, -0.15) is 0 Å². The molecule has 0 aliphatic rings. The van der Waals surface area contributed by atoms with Gasteiger partial charge in [0.05, 0.1) is 11.6 Å². The summed E-state index contributed by atoms with van der Waals surface area (Å²) in [5, 5.41) is 1.27. The summed E-state index contributed by atoms with van der Waals surface area (Å²) in [6, 6.07) is 5.26. The van der Waals surface area contributed by atoms with E-state index in [9.17, 15) is 0 Å². The monoisotopic (exact) mass is 246 g/mol. The van der Waals surface area contributed by atoms with Crippen molar-refractivity contribution in [2.45, 2.75) is 26.7 Å². The molecule has 15 heavy (non-hydrogen) atoms. The van der Waals surface area contributed by atoms with E-state index < -0.39 is 0 Å². The van der Waals surface area contributed by atoms with E-state index in [1.807, 2.05) is 0 Å². The molecule has 0 amide bonds. The van der Waals surface area contributed by atoms with Gasteiger partial charge < -0.3 is 4.74 Å². The Bertz CT molecular complexity index is 310. The summed E-state index contributed by atoms with van der Waals surface area (Å²) in [5.41, 5.74) is 0. The molecule has 1 aromatic carbocycles. The predicted octanol–water partition coefficient (Wildman–Crippen LogP) is 4.81. The molecule has 0 bridgehead atoms. The average Bonchev–Trinajstić information content (AvgIpc) is 2.17. The van der Waals surface area contributed by atoms with Gasteiger partial charge in [-0.3, -0.25) is 0 Å². The third-order valence-corrected chi connectivity index (χ3v) is 2.62. The molecule has 0 saturated carbocycles. The molecule has 84 valence electrons. The Kier molecular flexibility index (Phi) is 5.27. The van der Waals surface area contributed by atoms with E-state index in [-0.39, 0.29) is 0 Å². The minimum absolute atomic E-state index is 0.615. The average molecular weight is 247 g/mol. The van der Waals surface area contributed by atoms with E-state index in [4.69, 9.17) is 27.9 Å². The van der Waals surface area contributed by atoms with Gasteiger partial charge in [-0.1, -0.05) is 37.0 Å². The van der Waals surface area contributed by atoms with Crippen LogP contribution in [0.4, 0.5) is 0 Å². The van der Waals surface area contributed by atoms with Crippen LogP contribution in [0, 0.1) is 5.92 Å². The van der Waals surface area contributed by atoms with E-state index in [2.05, 4.69) is 13.8 Å². The second kappa shape index (κ2) is 6.24. The molecule has 0 spiro atoms. The third kappa shape index (κ3) is 4.76. The first-order valence-corrected chi connectivity index (χ1v) is 5.93. The van der Waals surface area contributed by atoms with Crippen LogP contribution in [0.3, 0.4) is 0 Å². The standard InChI is InChI=1S/C12H16Cl2O/c1-9(2)4-3-7-15-12-8-10(13)5-6-11(12)14/h5-6,8-9H,3-4,7H2,1-2H3. The quantitative estimate of drug-likeness (QED) is 0.678. The van der Waals surface area contributed by atoms with Crippen molar-refractivity contribution in [2.75, 3.05) is 6.61 Å². The smallest absolute Gasteiger partial charge is 0.139 e. The van der Waals surface area contributed by atoms with Gasteiger partial charge >= 0.3 is 0 Å². The van der Waals surface area contributed by atoms with Crippen LogP contribution >= 0.6 is 23.2 Å². The van der Waals surface area contributed by atoms with Crippen molar-refractivity contribution in [2.24, 2.45) is 5.92 Å². The first-order chi connectivity index (χ1) is 7.09. The zero-order chi connectivity index (χ0) is 11.3. The molecule has 1 aromatic rings. The fourth-order valence-electron chi connectivity index (χ4n) is 1.26. The maximum Gasteiger partial charge on any atom is 0.139 e. The highest BCUT2D eigenvalue weighted by atomic mass is 35.5. The Balaban J connectivity index is 2.40. The van der Waals surface area contributed by atoms with Crippen LogP contribution in [-0.2, 0) is 0 Å². The lowest BCUT2D eigenvalue weighted by atomic mass is 10.1. The first kappa shape index (κ1) is 12.7. The summed E-state index contributed by atoms with van der Waals surface area (Å²) in [6.07, 6.45) is 2.21. The van der Waals surface area contributed by atoms with Crippen molar-refractivity contribution in [1.82, 2.24) is 0 Å². The minimum atomic E-state index is 0.615. The van der Waals surface area contributed by atoms with Gasteiger partial charge in [0, 0.05) is 11.1 Å². The molecule has 0 atom stereocenters. The molecule has 1 nitrogen and oxygen atoms in total. The molecule has 0 aliphatic carbocycles. The van der Waals surface area contributed by atoms with Crippen LogP contribution in [0.15, 0.2) is 18.2 Å². The van der Waals surface area contributed by atoms with Crippen molar-refractivity contribution in [3.8, 4) is 5.75 Å². The van der Waals surface area contributed by atoms with Gasteiger partial charge in [0.25, 0.3) is 0 Å². The molecule has 3 heteroatoms. The number of hydrogen-bond acceptors (Lipinski definition) is 1. The van der Waals surface area contributed by atoms with Crippen molar-refractivity contribution in [3.63, 3.8) is 0 Å². The van der Waals surface area contributed by atoms with Crippen LogP contribution in [0.1, 0.15) is 26.7 Å². The molecule has 0 radical (unpaired) electrons. The van der Waals surface area contributed by atoms with Crippen LogP contribution in [-0.4, -0.2) is 6.61 Å². The SMILES string of the molecule is CC(C)CCCOc1cc(Cl)ccc1Cl. The lowest BCUT2D eigenvalue weighted by Crippen LogP contribution is -1.99. The largest absolute Gasteiger partial charge is 0.492 e. The Hall–Kier alpha value is -0.400. The molecule has 0 aliphatic heterocycles. The van der Waals surface area contributed by atoms with Crippen LogP contribution in [0.5, 0.6) is 5.75 Å². The Labute approximate surface area is 101 Å². The lowest BCUT2D eigenvalue weighted by molar-refractivity contribution is 0.298. The van der Waals surface area contributed by atoms with Crippen LogP contribution in [0.25, 0.3) is 0 Å². The Morgan fingerprint density at radius 1 is 1.27 bits per heavy atom. The van der Waals surface area contributed by atoms with E-state index in [0.29, 0.717) is 28.3 Å². The van der Waals surface area contributed by atoms with Gasteiger partial charge in [0.15, 0.2) is 0 Å². The summed E-state index contributed by atoms with van der Waals surface area (Å²) < 4.78 is 5.55. The summed E-state index contributed by atoms with van der Waals surface area (Å²) in [7, 11) is 0. The number of hydrogen-bond donors (Lipinski definition) is 0. The second-order valence-corrected chi connectivity index (χ2v) is 4.80. The summed E-state index contributed by atoms with van der Waals surface area (Å²) in [5.74, 6) is 1.39. The molecule has 0 unspecified atom stereocenters. The highest BCUT2D eigenvalue weighted by Crippen LogP contribution is 2.27. The van der Waals surface area contributed by atoms with E-state index in [1.165, 1.54) is 0 Å². The van der Waals surface area contributed by atoms with E-state index >= 15 is 0 Å². The van der Waals surface area contributed by atoms with Crippen LogP contribution < -0.4 is 4.74 Å². The zero-order valence-corrected chi connectivity index (χ0v) is 10.6. The topological polar surface area (TPSA) is 9.23 Å². The summed E-state index contributed by atoms with van der Waals surface area (Å²) in [6.45, 7) is 5.09. The van der Waals surface area contributed by atoms with Gasteiger partial charge in [0.1, 0.15) is 5.75 Å². The Morgan fingerprint density at radius 2 is 2.00 bits per heavy atom. The number of rotatable bonds is 5. The van der Waals surface area contributed by atoms with Crippen molar-refractivity contribution in [1.29, 1.82) is 0 Å². The molecule has 0 heterocycles. The maximum absolute atomic E-state index is 5.95. The van der Waals surface area contributed by atoms with Crippen molar-refractivity contribution < 1.29 is 4.74 Å². The molecular formula is C12H16Cl2O. The van der Waals surface area contributed by atoms with Crippen molar-refractivity contribution >= 4 is 23.2 Å². The second-order valence-electron chi connectivity index (χ2n) is 3.96. The lowest BCUT2D eigenvalue weighted by Gasteiger charge is -2.09. The normalized spacial score (nSPS) is 10.7. The number of benzene rings is 1. The number of halogens is 2. The molecule has 0 saturated heterocycles. The summed E-state index contributed by atoms with van der Waals surface area (Å²) in [4.78, 5) is 0. The highest BCUT2D eigenvalue weighted by Gasteiger charge is 2.02. The molecule has 0 N–H and O–H groups in total. The van der Waals surface area contributed by atoms with E-state index in [1.54, 1.807) is 18.2 Å². The van der Waals surface area contributed by atoms with Gasteiger partial charge in [-0.25, -0.2) is 0 Å². The molecule has 1 rings (SSSR count). The third-order valence-electron chi connectivity index (χ3n) is 2.08. The molecule has 0 aromatic heterocycles. The van der Waals surface area contributed by atoms with Gasteiger partial charge in [-0.15, -0.1) is 0 Å². The molecular weight excluding hydrogens is 231 g/mol. The van der Waals surface area contributed by atoms with Crippen molar-refractivity contribution in [3.05, 3.63) is 28.2 Å². The van der Waals surface area contributed by atoms with E-state index in [0.717, 1.165) is 12.8 Å². The molecule has 0 fully saturated rings. The van der Waals surface area contributed by atoms with Gasteiger partial charge in [-0.05, 0) is 30.9 Å². The minimum Gasteiger partial charge on any atom is -0.492 e. The fraction of sp³-hybridized carbons (Fsp3) is 0.500. The van der Waals surface area contributed by atoms with Crippen LogP contribution in [0.2, 0.25) is 10.0 Å². The Morgan fingerprint density at radius 3 is 2.67 bits per heavy atom. The predicted molar refractivity (Wildman–Crippen MR) is 66.0 cm³/mol. The fourth-order valence-corrected chi connectivity index (χ4v) is 1.60. The summed E-state index contributed by atoms with van der Waals surface area (Å²) >= 11 is 11.8.